The van der Waals surface area contributed by atoms with E-state index in [-0.39, 0.29) is 5.78 Å². The van der Waals surface area contributed by atoms with Crippen LogP contribution in [0.5, 0.6) is 0 Å². The second kappa shape index (κ2) is 6.84. The fourth-order valence-corrected chi connectivity index (χ4v) is 7.14. The second-order valence-corrected chi connectivity index (χ2v) is 10.2. The van der Waals surface area contributed by atoms with Gasteiger partial charge in [0.2, 0.25) is 0 Å². The maximum Gasteiger partial charge on any atom is 0.163 e. The van der Waals surface area contributed by atoms with Gasteiger partial charge in [-0.15, -0.1) is 0 Å². The van der Waals surface area contributed by atoms with Gasteiger partial charge >= 0.3 is 0 Å². The Morgan fingerprint density at radius 3 is 2.63 bits per heavy atom. The molecule has 3 fully saturated rings. The lowest BCUT2D eigenvalue weighted by atomic mass is 9.28. The summed E-state index contributed by atoms with van der Waals surface area (Å²) < 4.78 is 0. The van der Waals surface area contributed by atoms with Gasteiger partial charge in [0.15, 0.2) is 5.78 Å². The zero-order chi connectivity index (χ0) is 18.4. The topological polar surface area (TPSA) is 29.1 Å². The van der Waals surface area contributed by atoms with Gasteiger partial charge in [-0.05, 0) is 90.0 Å². The minimum atomic E-state index is 0.277. The smallest absolute Gasteiger partial charge is 0.163 e. The van der Waals surface area contributed by atoms with Crippen molar-refractivity contribution in [2.24, 2.45) is 23.2 Å². The Morgan fingerprint density at radius 2 is 1.89 bits per heavy atom. The molecule has 2 aromatic carbocycles. The molecule has 3 heteroatoms. The zero-order valence-electron chi connectivity index (χ0n) is 16.2. The third kappa shape index (κ3) is 2.99. The number of carbonyl (C=O) groups excluding carboxylic acids is 1. The van der Waals surface area contributed by atoms with Gasteiger partial charge in [0.25, 0.3) is 0 Å². The standard InChI is InChI=1S/C24H29NOS/c1-25-21-6-5-16-11-18(4-3-17(16)13-21)22(26)7-10-27-9-2-8-24-14-19-12-20(15-24)23(19)24/h3-6,11,13,19-20,23,25H,2,7-10,12,14-15H2,1H3. The normalized spacial score (nSPS) is 30.0. The van der Waals surface area contributed by atoms with Gasteiger partial charge in [0.1, 0.15) is 0 Å². The fourth-order valence-electron chi connectivity index (χ4n) is 6.25. The van der Waals surface area contributed by atoms with Crippen molar-refractivity contribution < 1.29 is 4.79 Å². The molecule has 3 aliphatic carbocycles. The van der Waals surface area contributed by atoms with Crippen LogP contribution < -0.4 is 5.32 Å². The lowest BCUT2D eigenvalue weighted by Gasteiger charge is -2.76. The number of nitrogens with one attached hydrogen (secondary N) is 1. The molecule has 142 valence electrons. The van der Waals surface area contributed by atoms with E-state index in [1.165, 1.54) is 36.8 Å². The molecule has 27 heavy (non-hydrogen) atoms. The third-order valence-electron chi connectivity index (χ3n) is 7.55. The summed E-state index contributed by atoms with van der Waals surface area (Å²) in [7, 11) is 1.93. The van der Waals surface area contributed by atoms with E-state index in [9.17, 15) is 4.79 Å². The molecule has 3 saturated carbocycles. The number of carbonyl (C=O) groups is 1. The van der Waals surface area contributed by atoms with E-state index in [0.717, 1.165) is 45.6 Å². The molecule has 0 saturated heterocycles. The van der Waals surface area contributed by atoms with Crippen LogP contribution in [0.25, 0.3) is 10.8 Å². The van der Waals surface area contributed by atoms with Gasteiger partial charge in [0, 0.05) is 30.5 Å². The molecule has 3 aliphatic rings. The van der Waals surface area contributed by atoms with Gasteiger partial charge in [0.05, 0.1) is 0 Å². The minimum absolute atomic E-state index is 0.277. The number of anilines is 1. The molecule has 2 aromatic rings. The summed E-state index contributed by atoms with van der Waals surface area (Å²) in [5.74, 6) is 5.85. The van der Waals surface area contributed by atoms with Crippen LogP contribution in [0.1, 0.15) is 48.9 Å². The molecule has 0 aliphatic heterocycles. The Morgan fingerprint density at radius 1 is 1.11 bits per heavy atom. The lowest BCUT2D eigenvalue weighted by molar-refractivity contribution is -0.273. The largest absolute Gasteiger partial charge is 0.388 e. The molecule has 0 spiro atoms. The molecule has 0 radical (unpaired) electrons. The highest BCUT2D eigenvalue weighted by Gasteiger charge is 2.70. The first kappa shape index (κ1) is 17.6. The van der Waals surface area contributed by atoms with Crippen LogP contribution in [-0.4, -0.2) is 24.3 Å². The van der Waals surface area contributed by atoms with E-state index in [1.54, 1.807) is 6.42 Å². The third-order valence-corrected chi connectivity index (χ3v) is 8.62. The first-order valence-electron chi connectivity index (χ1n) is 10.5. The van der Waals surface area contributed by atoms with Crippen LogP contribution in [0.2, 0.25) is 0 Å². The minimum Gasteiger partial charge on any atom is -0.388 e. The van der Waals surface area contributed by atoms with Crippen molar-refractivity contribution in [2.45, 2.75) is 38.5 Å². The van der Waals surface area contributed by atoms with Crippen molar-refractivity contribution in [3.63, 3.8) is 0 Å². The van der Waals surface area contributed by atoms with E-state index >= 15 is 0 Å². The number of ketones is 1. The number of hydrogen-bond donors (Lipinski definition) is 1. The quantitative estimate of drug-likeness (QED) is 0.427. The Kier molecular flexibility index (Phi) is 4.46. The number of benzene rings is 2. The summed E-state index contributed by atoms with van der Waals surface area (Å²) in [6.07, 6.45) is 8.07. The van der Waals surface area contributed by atoms with Crippen LogP contribution in [0, 0.1) is 23.2 Å². The second-order valence-electron chi connectivity index (χ2n) is 8.97. The van der Waals surface area contributed by atoms with Crippen molar-refractivity contribution in [2.75, 3.05) is 23.9 Å². The highest BCUT2D eigenvalue weighted by Crippen LogP contribution is 2.78. The number of rotatable bonds is 9. The molecule has 0 heterocycles. The van der Waals surface area contributed by atoms with E-state index in [2.05, 4.69) is 29.6 Å². The maximum atomic E-state index is 12.5. The molecule has 0 aromatic heterocycles. The van der Waals surface area contributed by atoms with Crippen LogP contribution >= 0.6 is 11.8 Å². The van der Waals surface area contributed by atoms with Crippen molar-refractivity contribution >= 4 is 34.0 Å². The highest BCUT2D eigenvalue weighted by atomic mass is 32.2. The van der Waals surface area contributed by atoms with E-state index in [0.29, 0.717) is 6.42 Å². The summed E-state index contributed by atoms with van der Waals surface area (Å²) >= 11 is 1.97. The molecule has 2 nitrogen and oxygen atoms in total. The summed E-state index contributed by atoms with van der Waals surface area (Å²) in [5.41, 5.74) is 2.75. The zero-order valence-corrected chi connectivity index (χ0v) is 17.0. The predicted molar refractivity (Wildman–Crippen MR) is 116 cm³/mol. The van der Waals surface area contributed by atoms with Crippen molar-refractivity contribution in [1.82, 2.24) is 0 Å². The Hall–Kier alpha value is -1.48. The fraction of sp³-hybridized carbons (Fsp3) is 0.542. The summed E-state index contributed by atoms with van der Waals surface area (Å²) in [5, 5.41) is 5.47. The first-order valence-corrected chi connectivity index (χ1v) is 11.7. The summed E-state index contributed by atoms with van der Waals surface area (Å²) in [6, 6.07) is 12.4. The maximum absolute atomic E-state index is 12.5. The molecule has 5 rings (SSSR count). The number of fused-ring (bicyclic) bond motifs is 1. The molecular weight excluding hydrogens is 350 g/mol. The lowest BCUT2D eigenvalue weighted by Crippen LogP contribution is -2.68. The summed E-state index contributed by atoms with van der Waals surface area (Å²) in [6.45, 7) is 0. The summed E-state index contributed by atoms with van der Waals surface area (Å²) in [4.78, 5) is 12.5. The van der Waals surface area contributed by atoms with Crippen molar-refractivity contribution in [3.05, 3.63) is 42.0 Å². The van der Waals surface area contributed by atoms with Crippen molar-refractivity contribution in [1.29, 1.82) is 0 Å². The number of thioether (sulfide) groups is 1. The molecule has 2 atom stereocenters. The highest BCUT2D eigenvalue weighted by molar-refractivity contribution is 7.99. The molecule has 0 bridgehead atoms. The molecule has 0 amide bonds. The number of hydrogen-bond acceptors (Lipinski definition) is 3. The Balaban J connectivity index is 1.05. The van der Waals surface area contributed by atoms with Crippen LogP contribution in [0.3, 0.4) is 0 Å². The Labute approximate surface area is 166 Å². The monoisotopic (exact) mass is 379 g/mol. The Bertz CT molecular complexity index is 864. The van der Waals surface area contributed by atoms with Gasteiger partial charge < -0.3 is 5.32 Å². The van der Waals surface area contributed by atoms with Gasteiger partial charge in [-0.25, -0.2) is 0 Å². The van der Waals surface area contributed by atoms with Crippen LogP contribution in [0.4, 0.5) is 5.69 Å². The average molecular weight is 380 g/mol. The predicted octanol–water partition coefficient (Wildman–Crippen LogP) is 6.01. The van der Waals surface area contributed by atoms with E-state index in [4.69, 9.17) is 0 Å². The molecule has 2 unspecified atom stereocenters. The van der Waals surface area contributed by atoms with Crippen LogP contribution in [-0.2, 0) is 0 Å². The van der Waals surface area contributed by atoms with Gasteiger partial charge in [-0.3, -0.25) is 4.79 Å². The first-order chi connectivity index (χ1) is 13.2. The van der Waals surface area contributed by atoms with Gasteiger partial charge in [-0.2, -0.15) is 11.8 Å². The molecule has 1 N–H and O–H groups in total. The average Bonchev–Trinajstić information content (AvgIpc) is 2.69. The van der Waals surface area contributed by atoms with E-state index < -0.39 is 0 Å². The number of Topliss-reactive ketones (excluding diaryl/α,β-unsaturated/α-hetero) is 1. The van der Waals surface area contributed by atoms with Crippen LogP contribution in [0.15, 0.2) is 36.4 Å². The van der Waals surface area contributed by atoms with Crippen molar-refractivity contribution in [3.8, 4) is 0 Å². The van der Waals surface area contributed by atoms with Gasteiger partial charge in [-0.1, -0.05) is 18.2 Å². The molecular formula is C24H29NOS. The SMILES string of the molecule is CNc1ccc2cc(C(=O)CCSCCCC34CC5CC(C3)C54)ccc2c1. The van der Waals surface area contributed by atoms with E-state index in [1.807, 2.05) is 30.9 Å².